The van der Waals surface area contributed by atoms with Gasteiger partial charge in [-0.15, -0.1) is 11.3 Å². The number of carbonyl (C=O) groups is 1. The molecule has 1 amide bonds. The number of hydrogen-bond donors (Lipinski definition) is 0. The molecule has 6 heteroatoms. The Morgan fingerprint density at radius 3 is 2.65 bits per heavy atom. The van der Waals surface area contributed by atoms with Crippen molar-refractivity contribution in [2.45, 2.75) is 19.9 Å². The summed E-state index contributed by atoms with van der Waals surface area (Å²) in [6.07, 6.45) is 1.51. The Bertz CT molecular complexity index is 797. The summed E-state index contributed by atoms with van der Waals surface area (Å²) in [6, 6.07) is 11.4. The van der Waals surface area contributed by atoms with E-state index in [1.165, 1.54) is 17.6 Å². The van der Waals surface area contributed by atoms with E-state index >= 15 is 0 Å². The molecule has 0 N–H and O–H groups in total. The molecule has 3 rings (SSSR count). The lowest BCUT2D eigenvalue weighted by Gasteiger charge is -2.22. The van der Waals surface area contributed by atoms with Gasteiger partial charge in [-0.3, -0.25) is 4.79 Å². The summed E-state index contributed by atoms with van der Waals surface area (Å²) in [5.41, 5.74) is 2.41. The highest BCUT2D eigenvalue weighted by atomic mass is 32.1. The third kappa shape index (κ3) is 3.03. The molecule has 2 heterocycles. The minimum Gasteiger partial charge on any atom is -0.364 e. The zero-order valence-corrected chi connectivity index (χ0v) is 14.0. The molecular formula is C17H17N3O2S. The molecule has 5 nitrogen and oxygen atoms in total. The fourth-order valence-corrected chi connectivity index (χ4v) is 3.26. The number of carbonyl (C=O) groups excluding carboxylic acids is 1. The SMILES string of the molecule is Cc1nc(-c2ccccc2)c(C(=O)N(C)[C@@H](C)c2ccon2)s1. The molecule has 23 heavy (non-hydrogen) atoms. The number of rotatable bonds is 4. The first-order chi connectivity index (χ1) is 11.1. The third-order valence-electron chi connectivity index (χ3n) is 3.76. The van der Waals surface area contributed by atoms with E-state index in [0.717, 1.165) is 22.0 Å². The molecule has 0 spiro atoms. The van der Waals surface area contributed by atoms with Crippen LogP contribution in [-0.2, 0) is 0 Å². The van der Waals surface area contributed by atoms with Crippen LogP contribution in [0.4, 0.5) is 0 Å². The molecular weight excluding hydrogens is 310 g/mol. The van der Waals surface area contributed by atoms with Gasteiger partial charge < -0.3 is 9.42 Å². The minimum absolute atomic E-state index is 0.0649. The Labute approximate surface area is 138 Å². The Kier molecular flexibility index (Phi) is 4.25. The maximum absolute atomic E-state index is 12.9. The highest BCUT2D eigenvalue weighted by Crippen LogP contribution is 2.30. The maximum atomic E-state index is 12.9. The van der Waals surface area contributed by atoms with E-state index in [2.05, 4.69) is 10.1 Å². The molecule has 0 saturated carbocycles. The van der Waals surface area contributed by atoms with E-state index < -0.39 is 0 Å². The molecule has 0 radical (unpaired) electrons. The molecule has 1 atom stereocenters. The monoisotopic (exact) mass is 327 g/mol. The maximum Gasteiger partial charge on any atom is 0.266 e. The number of amides is 1. The minimum atomic E-state index is -0.174. The van der Waals surface area contributed by atoms with Gasteiger partial charge in [0.05, 0.1) is 16.7 Å². The zero-order chi connectivity index (χ0) is 16.4. The summed E-state index contributed by atoms with van der Waals surface area (Å²) in [5, 5.41) is 4.79. The lowest BCUT2D eigenvalue weighted by Crippen LogP contribution is -2.29. The molecule has 1 aromatic carbocycles. The fourth-order valence-electron chi connectivity index (χ4n) is 2.34. The van der Waals surface area contributed by atoms with Crippen molar-refractivity contribution in [3.05, 3.63) is 58.2 Å². The van der Waals surface area contributed by atoms with Gasteiger partial charge in [-0.25, -0.2) is 4.98 Å². The van der Waals surface area contributed by atoms with Gasteiger partial charge in [0.2, 0.25) is 0 Å². The van der Waals surface area contributed by atoms with Gasteiger partial charge in [0.1, 0.15) is 16.8 Å². The van der Waals surface area contributed by atoms with E-state index in [4.69, 9.17) is 4.52 Å². The van der Waals surface area contributed by atoms with E-state index in [1.54, 1.807) is 18.0 Å². The Hall–Kier alpha value is -2.47. The first kappa shape index (κ1) is 15.4. The normalized spacial score (nSPS) is 12.1. The van der Waals surface area contributed by atoms with Crippen molar-refractivity contribution >= 4 is 17.2 Å². The van der Waals surface area contributed by atoms with Crippen LogP contribution >= 0.6 is 11.3 Å². The number of nitrogens with zero attached hydrogens (tertiary/aromatic N) is 3. The summed E-state index contributed by atoms with van der Waals surface area (Å²) in [7, 11) is 1.77. The lowest BCUT2D eigenvalue weighted by atomic mass is 10.1. The second kappa shape index (κ2) is 6.34. The predicted molar refractivity (Wildman–Crippen MR) is 89.3 cm³/mol. The molecule has 0 aliphatic carbocycles. The van der Waals surface area contributed by atoms with Crippen molar-refractivity contribution in [1.29, 1.82) is 0 Å². The van der Waals surface area contributed by atoms with Crippen LogP contribution in [0.25, 0.3) is 11.3 Å². The standard InChI is InChI=1S/C17H17N3O2S/c1-11(14-9-10-22-19-14)20(3)17(21)16-15(18-12(2)23-16)13-7-5-4-6-8-13/h4-11H,1-3H3/t11-/m0/s1. The summed E-state index contributed by atoms with van der Waals surface area (Å²) in [4.78, 5) is 19.8. The van der Waals surface area contributed by atoms with Crippen molar-refractivity contribution < 1.29 is 9.32 Å². The second-order valence-electron chi connectivity index (χ2n) is 5.29. The van der Waals surface area contributed by atoms with Gasteiger partial charge in [-0.1, -0.05) is 35.5 Å². The van der Waals surface area contributed by atoms with E-state index in [-0.39, 0.29) is 11.9 Å². The van der Waals surface area contributed by atoms with Crippen molar-refractivity contribution in [2.24, 2.45) is 0 Å². The Morgan fingerprint density at radius 1 is 1.26 bits per heavy atom. The fraction of sp³-hybridized carbons (Fsp3) is 0.235. The summed E-state index contributed by atoms with van der Waals surface area (Å²) < 4.78 is 4.87. The average Bonchev–Trinajstić information content (AvgIpc) is 3.23. The van der Waals surface area contributed by atoms with Crippen LogP contribution in [0, 0.1) is 6.92 Å². The van der Waals surface area contributed by atoms with Gasteiger partial charge in [0.25, 0.3) is 5.91 Å². The van der Waals surface area contributed by atoms with Crippen molar-refractivity contribution in [3.8, 4) is 11.3 Å². The molecule has 3 aromatic rings. The molecule has 0 aliphatic heterocycles. The Balaban J connectivity index is 1.94. The van der Waals surface area contributed by atoms with Crippen molar-refractivity contribution in [2.75, 3.05) is 7.05 Å². The third-order valence-corrected chi connectivity index (χ3v) is 4.72. The van der Waals surface area contributed by atoms with Crippen LogP contribution in [0.15, 0.2) is 47.2 Å². The van der Waals surface area contributed by atoms with E-state index in [1.807, 2.05) is 44.2 Å². The quantitative estimate of drug-likeness (QED) is 0.728. The summed E-state index contributed by atoms with van der Waals surface area (Å²) in [6.45, 7) is 3.83. The summed E-state index contributed by atoms with van der Waals surface area (Å²) >= 11 is 1.41. The van der Waals surface area contributed by atoms with E-state index in [9.17, 15) is 4.79 Å². The molecule has 118 valence electrons. The van der Waals surface area contributed by atoms with Gasteiger partial charge in [-0.2, -0.15) is 0 Å². The van der Waals surface area contributed by atoms with Gasteiger partial charge in [0, 0.05) is 18.7 Å². The first-order valence-corrected chi connectivity index (χ1v) is 8.10. The Morgan fingerprint density at radius 2 is 2.00 bits per heavy atom. The van der Waals surface area contributed by atoms with Gasteiger partial charge >= 0.3 is 0 Å². The first-order valence-electron chi connectivity index (χ1n) is 7.28. The second-order valence-corrected chi connectivity index (χ2v) is 6.50. The number of hydrogen-bond acceptors (Lipinski definition) is 5. The molecule has 0 unspecified atom stereocenters. The number of aromatic nitrogens is 2. The number of aryl methyl sites for hydroxylation is 1. The van der Waals surface area contributed by atoms with Crippen molar-refractivity contribution in [3.63, 3.8) is 0 Å². The molecule has 2 aromatic heterocycles. The topological polar surface area (TPSA) is 59.2 Å². The molecule has 0 bridgehead atoms. The molecule has 0 saturated heterocycles. The number of benzene rings is 1. The van der Waals surface area contributed by atoms with Crippen LogP contribution in [0.1, 0.15) is 33.3 Å². The van der Waals surface area contributed by atoms with Crippen LogP contribution in [0.5, 0.6) is 0 Å². The number of thiazole rings is 1. The summed E-state index contributed by atoms with van der Waals surface area (Å²) in [5.74, 6) is -0.0649. The highest BCUT2D eigenvalue weighted by molar-refractivity contribution is 7.14. The molecule has 0 aliphatic rings. The highest BCUT2D eigenvalue weighted by Gasteiger charge is 2.25. The van der Waals surface area contributed by atoms with Crippen LogP contribution < -0.4 is 0 Å². The van der Waals surface area contributed by atoms with E-state index in [0.29, 0.717) is 4.88 Å². The van der Waals surface area contributed by atoms with Crippen LogP contribution in [-0.4, -0.2) is 28.0 Å². The van der Waals surface area contributed by atoms with Gasteiger partial charge in [-0.05, 0) is 13.8 Å². The van der Waals surface area contributed by atoms with Crippen LogP contribution in [0.2, 0.25) is 0 Å². The predicted octanol–water partition coefficient (Wildman–Crippen LogP) is 3.94. The largest absolute Gasteiger partial charge is 0.364 e. The van der Waals surface area contributed by atoms with Crippen molar-refractivity contribution in [1.82, 2.24) is 15.0 Å². The van der Waals surface area contributed by atoms with Gasteiger partial charge in [0.15, 0.2) is 0 Å². The zero-order valence-electron chi connectivity index (χ0n) is 13.2. The van der Waals surface area contributed by atoms with Crippen LogP contribution in [0.3, 0.4) is 0 Å². The molecule has 0 fully saturated rings. The lowest BCUT2D eigenvalue weighted by molar-refractivity contribution is 0.0743. The smallest absolute Gasteiger partial charge is 0.266 e. The average molecular weight is 327 g/mol.